The van der Waals surface area contributed by atoms with E-state index in [0.29, 0.717) is 34.5 Å². The van der Waals surface area contributed by atoms with Crippen molar-refractivity contribution in [2.24, 2.45) is 0 Å². The van der Waals surface area contributed by atoms with E-state index >= 15 is 0 Å². The molecule has 2 N–H and O–H groups in total. The third kappa shape index (κ3) is 5.33. The fraction of sp³-hybridized carbons (Fsp3) is 0.143. The molecule has 0 saturated heterocycles. The van der Waals surface area contributed by atoms with Crippen LogP contribution >= 0.6 is 23.2 Å². The number of alkyl halides is 3. The Morgan fingerprint density at radius 2 is 1.11 bits per heavy atom. The Labute approximate surface area is 171 Å². The molecular weight excluding hydrogens is 408 g/mol. The average molecular weight is 425 g/mol. The van der Waals surface area contributed by atoms with E-state index in [1.165, 1.54) is 0 Å². The van der Waals surface area contributed by atoms with Gasteiger partial charge in [-0.15, -0.1) is 0 Å². The Kier molecular flexibility index (Phi) is 6.37. The Bertz CT molecular complexity index is 891. The standard InChI is InChI=1S/C21H17Cl2F3N2/c22-19-7-3-1-5-14(19)12-27-17-9-16(21(24,25)26)10-18(11-17)28-13-15-6-2-4-8-20(15)23/h1-11,27-28H,12-13H2. The highest BCUT2D eigenvalue weighted by Crippen LogP contribution is 2.34. The SMILES string of the molecule is FC(F)(F)c1cc(NCc2ccccc2Cl)cc(NCc2ccccc2Cl)c1. The minimum absolute atomic E-state index is 0.310. The lowest BCUT2D eigenvalue weighted by atomic mass is 10.1. The van der Waals surface area contributed by atoms with Crippen LogP contribution in [0.2, 0.25) is 10.0 Å². The maximum absolute atomic E-state index is 13.3. The van der Waals surface area contributed by atoms with Crippen molar-refractivity contribution in [3.8, 4) is 0 Å². The summed E-state index contributed by atoms with van der Waals surface area (Å²) in [6.45, 7) is 0.621. The van der Waals surface area contributed by atoms with Gasteiger partial charge in [0.05, 0.1) is 5.56 Å². The molecule has 3 aromatic carbocycles. The predicted molar refractivity (Wildman–Crippen MR) is 109 cm³/mol. The molecule has 0 radical (unpaired) electrons. The molecule has 0 aliphatic heterocycles. The van der Waals surface area contributed by atoms with Crippen LogP contribution < -0.4 is 10.6 Å². The van der Waals surface area contributed by atoms with Crippen molar-refractivity contribution in [2.75, 3.05) is 10.6 Å². The van der Waals surface area contributed by atoms with Gasteiger partial charge in [-0.3, -0.25) is 0 Å². The van der Waals surface area contributed by atoms with E-state index in [2.05, 4.69) is 10.6 Å². The van der Waals surface area contributed by atoms with Crippen LogP contribution in [-0.2, 0) is 19.3 Å². The van der Waals surface area contributed by atoms with Crippen LogP contribution in [0.1, 0.15) is 16.7 Å². The second-order valence-electron chi connectivity index (χ2n) is 6.19. The molecule has 0 aliphatic rings. The van der Waals surface area contributed by atoms with E-state index < -0.39 is 11.7 Å². The third-order valence-electron chi connectivity index (χ3n) is 4.14. The molecule has 0 spiro atoms. The molecule has 0 atom stereocenters. The molecule has 0 fully saturated rings. The van der Waals surface area contributed by atoms with E-state index in [4.69, 9.17) is 23.2 Å². The van der Waals surface area contributed by atoms with E-state index in [1.807, 2.05) is 24.3 Å². The molecule has 0 bridgehead atoms. The summed E-state index contributed by atoms with van der Waals surface area (Å²) in [6, 6.07) is 18.1. The van der Waals surface area contributed by atoms with Gasteiger partial charge in [-0.2, -0.15) is 13.2 Å². The van der Waals surface area contributed by atoms with Gasteiger partial charge in [0.15, 0.2) is 0 Å². The van der Waals surface area contributed by atoms with E-state index in [9.17, 15) is 13.2 Å². The van der Waals surface area contributed by atoms with Gasteiger partial charge in [0.2, 0.25) is 0 Å². The zero-order valence-electron chi connectivity index (χ0n) is 14.7. The number of anilines is 2. The van der Waals surface area contributed by atoms with Crippen molar-refractivity contribution in [3.05, 3.63) is 93.5 Å². The van der Waals surface area contributed by atoms with Crippen LogP contribution in [0.15, 0.2) is 66.7 Å². The van der Waals surface area contributed by atoms with Crippen LogP contribution in [0.25, 0.3) is 0 Å². The molecule has 3 aromatic rings. The largest absolute Gasteiger partial charge is 0.416 e. The van der Waals surface area contributed by atoms with Crippen LogP contribution in [-0.4, -0.2) is 0 Å². The second-order valence-corrected chi connectivity index (χ2v) is 7.00. The van der Waals surface area contributed by atoms with Crippen molar-refractivity contribution in [3.63, 3.8) is 0 Å². The van der Waals surface area contributed by atoms with Crippen molar-refractivity contribution >= 4 is 34.6 Å². The summed E-state index contributed by atoms with van der Waals surface area (Å²) in [5.74, 6) is 0. The summed E-state index contributed by atoms with van der Waals surface area (Å²) in [5.41, 5.74) is 1.55. The normalized spacial score (nSPS) is 11.3. The monoisotopic (exact) mass is 424 g/mol. The highest BCUT2D eigenvalue weighted by molar-refractivity contribution is 6.31. The predicted octanol–water partition coefficient (Wildman–Crippen LogP) is 7.24. The minimum atomic E-state index is -4.46. The Balaban J connectivity index is 1.80. The van der Waals surface area contributed by atoms with Gasteiger partial charge in [0.1, 0.15) is 0 Å². The number of benzene rings is 3. The number of nitrogens with one attached hydrogen (secondary N) is 2. The summed E-state index contributed by atoms with van der Waals surface area (Å²) < 4.78 is 39.9. The first-order valence-corrected chi connectivity index (χ1v) is 9.25. The number of hydrogen-bond acceptors (Lipinski definition) is 2. The van der Waals surface area contributed by atoms with Crippen molar-refractivity contribution in [1.29, 1.82) is 0 Å². The fourth-order valence-corrected chi connectivity index (χ4v) is 3.08. The van der Waals surface area contributed by atoms with Crippen molar-refractivity contribution in [2.45, 2.75) is 19.3 Å². The molecule has 3 rings (SSSR count). The van der Waals surface area contributed by atoms with E-state index in [1.54, 1.807) is 30.3 Å². The summed E-state index contributed by atoms with van der Waals surface area (Å²) in [5, 5.41) is 7.14. The van der Waals surface area contributed by atoms with Crippen LogP contribution in [0.4, 0.5) is 24.5 Å². The number of halogens is 5. The summed E-state index contributed by atoms with van der Waals surface area (Å²) in [7, 11) is 0. The zero-order chi connectivity index (χ0) is 20.1. The van der Waals surface area contributed by atoms with Gasteiger partial charge in [0.25, 0.3) is 0 Å². The van der Waals surface area contributed by atoms with Gasteiger partial charge < -0.3 is 10.6 Å². The lowest BCUT2D eigenvalue weighted by molar-refractivity contribution is -0.137. The van der Waals surface area contributed by atoms with Gasteiger partial charge in [-0.25, -0.2) is 0 Å². The zero-order valence-corrected chi connectivity index (χ0v) is 16.2. The molecule has 146 valence electrons. The van der Waals surface area contributed by atoms with Gasteiger partial charge >= 0.3 is 6.18 Å². The maximum atomic E-state index is 13.3. The first-order valence-electron chi connectivity index (χ1n) is 8.50. The smallest absolute Gasteiger partial charge is 0.381 e. The molecule has 0 heterocycles. The van der Waals surface area contributed by atoms with Gasteiger partial charge in [-0.05, 0) is 41.5 Å². The highest BCUT2D eigenvalue weighted by atomic mass is 35.5. The molecule has 0 amide bonds. The van der Waals surface area contributed by atoms with Crippen LogP contribution in [0.3, 0.4) is 0 Å². The number of hydrogen-bond donors (Lipinski definition) is 2. The van der Waals surface area contributed by atoms with Crippen molar-refractivity contribution in [1.82, 2.24) is 0 Å². The van der Waals surface area contributed by atoms with Gasteiger partial charge in [0, 0.05) is 34.5 Å². The number of rotatable bonds is 6. The maximum Gasteiger partial charge on any atom is 0.416 e. The highest BCUT2D eigenvalue weighted by Gasteiger charge is 2.31. The molecule has 0 aliphatic carbocycles. The lowest BCUT2D eigenvalue weighted by Gasteiger charge is -2.15. The summed E-state index contributed by atoms with van der Waals surface area (Å²) >= 11 is 12.2. The minimum Gasteiger partial charge on any atom is -0.381 e. The summed E-state index contributed by atoms with van der Waals surface area (Å²) in [4.78, 5) is 0. The quantitative estimate of drug-likeness (QED) is 0.435. The molecule has 2 nitrogen and oxygen atoms in total. The molecule has 7 heteroatoms. The van der Waals surface area contributed by atoms with Gasteiger partial charge in [-0.1, -0.05) is 59.6 Å². The first kappa shape index (κ1) is 20.4. The Hall–Kier alpha value is -2.37. The topological polar surface area (TPSA) is 24.1 Å². The molecule has 0 aromatic heterocycles. The van der Waals surface area contributed by atoms with Crippen LogP contribution in [0, 0.1) is 0 Å². The van der Waals surface area contributed by atoms with E-state index in [-0.39, 0.29) is 0 Å². The third-order valence-corrected chi connectivity index (χ3v) is 4.88. The second kappa shape index (κ2) is 8.76. The molecule has 28 heavy (non-hydrogen) atoms. The average Bonchev–Trinajstić information content (AvgIpc) is 2.66. The van der Waals surface area contributed by atoms with Crippen LogP contribution in [0.5, 0.6) is 0 Å². The molecule has 0 unspecified atom stereocenters. The Morgan fingerprint density at radius 3 is 1.50 bits per heavy atom. The molecule has 0 saturated carbocycles. The lowest BCUT2D eigenvalue weighted by Crippen LogP contribution is -2.09. The Morgan fingerprint density at radius 1 is 0.679 bits per heavy atom. The van der Waals surface area contributed by atoms with Crippen molar-refractivity contribution < 1.29 is 13.2 Å². The molecular formula is C21H17Cl2F3N2. The fourth-order valence-electron chi connectivity index (χ4n) is 2.67. The first-order chi connectivity index (χ1) is 13.3. The van der Waals surface area contributed by atoms with E-state index in [0.717, 1.165) is 23.3 Å². The summed E-state index contributed by atoms with van der Waals surface area (Å²) in [6.07, 6.45) is -4.46.